The summed E-state index contributed by atoms with van der Waals surface area (Å²) in [6, 6.07) is 0.775. The molecular formula is C8H15F3N2O2. The molecule has 1 saturated carbocycles. The highest BCUT2D eigenvalue weighted by molar-refractivity contribution is 5.73. The largest absolute Gasteiger partial charge is 0.490 e. The Kier molecular flexibility index (Phi) is 5.59. The minimum atomic E-state index is -5.08. The van der Waals surface area contributed by atoms with E-state index in [9.17, 15) is 13.2 Å². The number of rotatable bonds is 0. The lowest BCUT2D eigenvalue weighted by molar-refractivity contribution is -0.192. The molecule has 1 aliphatic carbocycles. The van der Waals surface area contributed by atoms with Crippen LogP contribution in [0.1, 0.15) is 25.7 Å². The molecule has 2 atom stereocenters. The minimum Gasteiger partial charge on any atom is -0.475 e. The molecule has 5 N–H and O–H groups in total. The average Bonchev–Trinajstić information content (AvgIpc) is 2.02. The third-order valence-corrected chi connectivity index (χ3v) is 2.00. The zero-order valence-electron chi connectivity index (χ0n) is 8.13. The van der Waals surface area contributed by atoms with Crippen molar-refractivity contribution in [2.24, 2.45) is 11.5 Å². The average molecular weight is 228 g/mol. The molecule has 1 rings (SSSR count). The van der Waals surface area contributed by atoms with Crippen LogP contribution in [0.5, 0.6) is 0 Å². The second kappa shape index (κ2) is 5.92. The van der Waals surface area contributed by atoms with Crippen molar-refractivity contribution in [1.29, 1.82) is 0 Å². The normalized spacial score (nSPS) is 26.5. The molecule has 0 unspecified atom stereocenters. The lowest BCUT2D eigenvalue weighted by Gasteiger charge is -2.22. The third-order valence-electron chi connectivity index (χ3n) is 2.00. The lowest BCUT2D eigenvalue weighted by atomic mass is 9.92. The number of alkyl halides is 3. The number of nitrogens with two attached hydrogens (primary N) is 2. The van der Waals surface area contributed by atoms with Gasteiger partial charge in [-0.25, -0.2) is 4.79 Å². The summed E-state index contributed by atoms with van der Waals surface area (Å²) in [5.74, 6) is -2.76. The van der Waals surface area contributed by atoms with Crippen molar-refractivity contribution < 1.29 is 23.1 Å². The van der Waals surface area contributed by atoms with Gasteiger partial charge in [-0.3, -0.25) is 0 Å². The van der Waals surface area contributed by atoms with E-state index in [0.717, 1.165) is 6.42 Å². The fraction of sp³-hybridized carbons (Fsp3) is 0.875. The van der Waals surface area contributed by atoms with Crippen molar-refractivity contribution in [1.82, 2.24) is 0 Å². The van der Waals surface area contributed by atoms with E-state index in [1.54, 1.807) is 0 Å². The zero-order chi connectivity index (χ0) is 12.1. The first-order valence-corrected chi connectivity index (χ1v) is 4.54. The molecule has 7 heteroatoms. The Balaban J connectivity index is 0.000000265. The molecule has 0 aromatic carbocycles. The Morgan fingerprint density at radius 1 is 1.20 bits per heavy atom. The summed E-state index contributed by atoms with van der Waals surface area (Å²) in [6.45, 7) is 0. The molecule has 0 saturated heterocycles. The van der Waals surface area contributed by atoms with Gasteiger partial charge in [0, 0.05) is 12.1 Å². The molecule has 0 aromatic rings. The van der Waals surface area contributed by atoms with Crippen molar-refractivity contribution in [2.75, 3.05) is 0 Å². The van der Waals surface area contributed by atoms with Gasteiger partial charge in [-0.2, -0.15) is 13.2 Å². The van der Waals surface area contributed by atoms with Gasteiger partial charge in [-0.05, 0) is 19.3 Å². The summed E-state index contributed by atoms with van der Waals surface area (Å²) >= 11 is 0. The highest BCUT2D eigenvalue weighted by Gasteiger charge is 2.38. The molecule has 0 spiro atoms. The molecule has 1 aliphatic rings. The topological polar surface area (TPSA) is 89.3 Å². The number of carboxylic acids is 1. The number of hydrogen-bond acceptors (Lipinski definition) is 3. The Bertz CT molecular complexity index is 201. The fourth-order valence-corrected chi connectivity index (χ4v) is 1.27. The first-order chi connectivity index (χ1) is 6.73. The molecule has 0 amide bonds. The van der Waals surface area contributed by atoms with E-state index >= 15 is 0 Å². The molecular weight excluding hydrogens is 213 g/mol. The van der Waals surface area contributed by atoms with Gasteiger partial charge in [0.25, 0.3) is 0 Å². The predicted molar refractivity (Wildman–Crippen MR) is 48.1 cm³/mol. The SMILES string of the molecule is N[C@@H]1CCC[C@@H](N)C1.O=C(O)C(F)(F)F. The summed E-state index contributed by atoms with van der Waals surface area (Å²) in [5.41, 5.74) is 11.3. The molecule has 4 nitrogen and oxygen atoms in total. The van der Waals surface area contributed by atoms with Crippen LogP contribution in [-0.4, -0.2) is 29.3 Å². The van der Waals surface area contributed by atoms with E-state index in [2.05, 4.69) is 0 Å². The number of hydrogen-bond donors (Lipinski definition) is 3. The van der Waals surface area contributed by atoms with E-state index in [4.69, 9.17) is 21.4 Å². The summed E-state index contributed by atoms with van der Waals surface area (Å²) < 4.78 is 31.7. The summed E-state index contributed by atoms with van der Waals surface area (Å²) in [6.07, 6.45) is -0.482. The third kappa shape index (κ3) is 7.15. The first-order valence-electron chi connectivity index (χ1n) is 4.54. The Labute approximate surface area is 85.4 Å². The van der Waals surface area contributed by atoms with Crippen molar-refractivity contribution >= 4 is 5.97 Å². The van der Waals surface area contributed by atoms with Crippen LogP contribution in [0.15, 0.2) is 0 Å². The number of halogens is 3. The quantitative estimate of drug-likeness (QED) is 0.573. The monoisotopic (exact) mass is 228 g/mol. The highest BCUT2D eigenvalue weighted by Crippen LogP contribution is 2.14. The summed E-state index contributed by atoms with van der Waals surface area (Å²) in [5, 5.41) is 7.12. The molecule has 15 heavy (non-hydrogen) atoms. The second-order valence-corrected chi connectivity index (χ2v) is 3.49. The molecule has 1 fully saturated rings. The van der Waals surface area contributed by atoms with Gasteiger partial charge in [-0.1, -0.05) is 6.42 Å². The lowest BCUT2D eigenvalue weighted by Crippen LogP contribution is -2.35. The Hall–Kier alpha value is -0.820. The molecule has 0 heterocycles. The first kappa shape index (κ1) is 14.2. The van der Waals surface area contributed by atoms with E-state index < -0.39 is 12.1 Å². The van der Waals surface area contributed by atoms with Crippen molar-refractivity contribution in [3.8, 4) is 0 Å². The Morgan fingerprint density at radius 2 is 1.53 bits per heavy atom. The summed E-state index contributed by atoms with van der Waals surface area (Å²) in [7, 11) is 0. The van der Waals surface area contributed by atoms with Gasteiger partial charge in [0.1, 0.15) is 0 Å². The molecule has 0 aliphatic heterocycles. The van der Waals surface area contributed by atoms with E-state index in [-0.39, 0.29) is 0 Å². The van der Waals surface area contributed by atoms with Gasteiger partial charge < -0.3 is 16.6 Å². The number of carboxylic acid groups (broad SMARTS) is 1. The van der Waals surface area contributed by atoms with E-state index in [1.165, 1.54) is 19.3 Å². The molecule has 0 aromatic heterocycles. The van der Waals surface area contributed by atoms with Gasteiger partial charge in [0.05, 0.1) is 0 Å². The summed E-state index contributed by atoms with van der Waals surface area (Å²) in [4.78, 5) is 8.90. The maximum atomic E-state index is 10.6. The number of carbonyl (C=O) groups is 1. The number of aliphatic carboxylic acids is 1. The second-order valence-electron chi connectivity index (χ2n) is 3.49. The van der Waals surface area contributed by atoms with Crippen LogP contribution in [0.2, 0.25) is 0 Å². The van der Waals surface area contributed by atoms with E-state index in [0.29, 0.717) is 12.1 Å². The van der Waals surface area contributed by atoms with Gasteiger partial charge >= 0.3 is 12.1 Å². The van der Waals surface area contributed by atoms with Crippen molar-refractivity contribution in [3.05, 3.63) is 0 Å². The van der Waals surface area contributed by atoms with Crippen LogP contribution in [0.25, 0.3) is 0 Å². The van der Waals surface area contributed by atoms with Crippen LogP contribution in [0.3, 0.4) is 0 Å². The van der Waals surface area contributed by atoms with Crippen LogP contribution >= 0.6 is 0 Å². The van der Waals surface area contributed by atoms with Crippen LogP contribution in [0.4, 0.5) is 13.2 Å². The highest BCUT2D eigenvalue weighted by atomic mass is 19.4. The van der Waals surface area contributed by atoms with Gasteiger partial charge in [0.15, 0.2) is 0 Å². The molecule has 0 radical (unpaired) electrons. The fourth-order valence-electron chi connectivity index (χ4n) is 1.27. The maximum absolute atomic E-state index is 10.6. The van der Waals surface area contributed by atoms with Crippen molar-refractivity contribution in [2.45, 2.75) is 43.9 Å². The predicted octanol–water partition coefficient (Wildman–Crippen LogP) is 0.848. The van der Waals surface area contributed by atoms with Crippen LogP contribution in [-0.2, 0) is 4.79 Å². The van der Waals surface area contributed by atoms with Crippen molar-refractivity contribution in [3.63, 3.8) is 0 Å². The van der Waals surface area contributed by atoms with Gasteiger partial charge in [0.2, 0.25) is 0 Å². The zero-order valence-corrected chi connectivity index (χ0v) is 8.13. The molecule has 90 valence electrons. The van der Waals surface area contributed by atoms with Gasteiger partial charge in [-0.15, -0.1) is 0 Å². The molecule has 0 bridgehead atoms. The minimum absolute atomic E-state index is 0.388. The maximum Gasteiger partial charge on any atom is 0.490 e. The van der Waals surface area contributed by atoms with Crippen LogP contribution < -0.4 is 11.5 Å². The van der Waals surface area contributed by atoms with Crippen LogP contribution in [0, 0.1) is 0 Å². The standard InChI is InChI=1S/C6H14N2.C2HF3O2/c7-5-2-1-3-6(8)4-5;3-2(4,5)1(6)7/h5-6H,1-4,7-8H2;(H,6,7)/t5-,6-;/m1./s1. The smallest absolute Gasteiger partial charge is 0.475 e. The van der Waals surface area contributed by atoms with E-state index in [1.807, 2.05) is 0 Å². The Morgan fingerprint density at radius 3 is 1.67 bits per heavy atom.